The normalized spacial score (nSPS) is 47.9. The van der Waals surface area contributed by atoms with Crippen LogP contribution < -0.4 is 0 Å². The molecule has 3 heteroatoms. The molecule has 0 radical (unpaired) electrons. The molecule has 23 heavy (non-hydrogen) atoms. The Bertz CT molecular complexity index is 683. The van der Waals surface area contributed by atoms with Gasteiger partial charge < -0.3 is 0 Å². The second-order valence-corrected chi connectivity index (χ2v) is 9.25. The number of carbonyl (C=O) groups is 3. The van der Waals surface area contributed by atoms with Gasteiger partial charge in [0.2, 0.25) is 0 Å². The van der Waals surface area contributed by atoms with E-state index in [1.54, 1.807) is 0 Å². The molecule has 0 unspecified atom stereocenters. The fourth-order valence-electron chi connectivity index (χ4n) is 6.04. The van der Waals surface area contributed by atoms with Gasteiger partial charge in [0.1, 0.15) is 5.78 Å². The monoisotopic (exact) mass is 314 g/mol. The van der Waals surface area contributed by atoms with Crippen molar-refractivity contribution in [3.8, 4) is 0 Å². The zero-order valence-electron chi connectivity index (χ0n) is 14.7. The molecule has 0 aromatic carbocycles. The highest BCUT2D eigenvalue weighted by Gasteiger charge is 2.72. The maximum atomic E-state index is 13.3. The second-order valence-electron chi connectivity index (χ2n) is 9.25. The summed E-state index contributed by atoms with van der Waals surface area (Å²) < 4.78 is 0. The first kappa shape index (κ1) is 15.3. The van der Waals surface area contributed by atoms with Crippen molar-refractivity contribution in [2.75, 3.05) is 0 Å². The van der Waals surface area contributed by atoms with Crippen LogP contribution in [0, 0.1) is 40.4 Å². The molecular weight excluding hydrogens is 288 g/mol. The first-order valence-corrected chi connectivity index (χ1v) is 8.95. The third-order valence-electron chi connectivity index (χ3n) is 7.55. The van der Waals surface area contributed by atoms with Gasteiger partial charge in [-0.05, 0) is 42.6 Å². The SMILES string of the molecule is C[C@@H]1CC2=C(C1)[C@@H]([C@@]1(C)C(=O)C[C@H]3[C@@H](C1=O)C3(C)C)[C@@H](C)C2=O. The molecule has 0 aliphatic heterocycles. The molecule has 0 N–H and O–H groups in total. The number of fused-ring (bicyclic) bond motifs is 1. The van der Waals surface area contributed by atoms with Crippen molar-refractivity contribution in [3.05, 3.63) is 11.1 Å². The van der Waals surface area contributed by atoms with Gasteiger partial charge in [-0.1, -0.05) is 33.3 Å². The Morgan fingerprint density at radius 3 is 2.22 bits per heavy atom. The van der Waals surface area contributed by atoms with Crippen LogP contribution in [0.1, 0.15) is 53.9 Å². The van der Waals surface area contributed by atoms with Crippen molar-refractivity contribution < 1.29 is 14.4 Å². The van der Waals surface area contributed by atoms with Crippen molar-refractivity contribution in [3.63, 3.8) is 0 Å². The molecule has 0 spiro atoms. The van der Waals surface area contributed by atoms with Crippen LogP contribution >= 0.6 is 0 Å². The van der Waals surface area contributed by atoms with Crippen LogP contribution in [0.2, 0.25) is 0 Å². The highest BCUT2D eigenvalue weighted by molar-refractivity contribution is 6.14. The number of ketones is 3. The predicted octanol–water partition coefficient (Wildman–Crippen LogP) is 3.37. The van der Waals surface area contributed by atoms with Crippen molar-refractivity contribution in [1.29, 1.82) is 0 Å². The Morgan fingerprint density at radius 1 is 0.913 bits per heavy atom. The Balaban J connectivity index is 1.78. The molecule has 4 aliphatic rings. The van der Waals surface area contributed by atoms with Gasteiger partial charge in [0.05, 0.1) is 5.41 Å². The topological polar surface area (TPSA) is 51.2 Å². The number of rotatable bonds is 1. The summed E-state index contributed by atoms with van der Waals surface area (Å²) >= 11 is 0. The van der Waals surface area contributed by atoms with E-state index >= 15 is 0 Å². The van der Waals surface area contributed by atoms with Crippen LogP contribution in [-0.2, 0) is 14.4 Å². The van der Waals surface area contributed by atoms with Gasteiger partial charge in [-0.3, -0.25) is 14.4 Å². The Morgan fingerprint density at radius 2 is 1.57 bits per heavy atom. The van der Waals surface area contributed by atoms with Gasteiger partial charge in [0, 0.05) is 24.2 Å². The van der Waals surface area contributed by atoms with Crippen molar-refractivity contribution >= 4 is 17.3 Å². The minimum atomic E-state index is -0.981. The number of carbonyl (C=O) groups excluding carboxylic acids is 3. The third-order valence-corrected chi connectivity index (χ3v) is 7.55. The summed E-state index contributed by atoms with van der Waals surface area (Å²) in [5, 5.41) is 0. The zero-order chi connectivity index (χ0) is 16.9. The fraction of sp³-hybridized carbons (Fsp3) is 0.750. The van der Waals surface area contributed by atoms with Crippen molar-refractivity contribution in [2.24, 2.45) is 40.4 Å². The molecule has 4 rings (SSSR count). The van der Waals surface area contributed by atoms with E-state index < -0.39 is 5.41 Å². The lowest BCUT2D eigenvalue weighted by Gasteiger charge is -2.39. The number of Topliss-reactive ketones (excluding diaryl/α,β-unsaturated/α-hetero) is 3. The molecule has 0 amide bonds. The summed E-state index contributed by atoms with van der Waals surface area (Å²) in [7, 11) is 0. The summed E-state index contributed by atoms with van der Waals surface area (Å²) in [6.45, 7) is 10.1. The third kappa shape index (κ3) is 1.64. The van der Waals surface area contributed by atoms with E-state index in [-0.39, 0.29) is 46.4 Å². The van der Waals surface area contributed by atoms with Gasteiger partial charge in [-0.25, -0.2) is 0 Å². The molecule has 4 aliphatic carbocycles. The molecule has 2 fully saturated rings. The minimum Gasteiger partial charge on any atom is -0.299 e. The molecule has 0 heterocycles. The maximum Gasteiger partial charge on any atom is 0.162 e. The Labute approximate surface area is 137 Å². The van der Waals surface area contributed by atoms with Gasteiger partial charge in [0.25, 0.3) is 0 Å². The van der Waals surface area contributed by atoms with Gasteiger partial charge >= 0.3 is 0 Å². The minimum absolute atomic E-state index is 0.0102. The first-order chi connectivity index (χ1) is 10.6. The Hall–Kier alpha value is -1.25. The highest BCUT2D eigenvalue weighted by Crippen LogP contribution is 2.68. The molecule has 6 atom stereocenters. The molecule has 0 aromatic heterocycles. The van der Waals surface area contributed by atoms with Crippen LogP contribution in [0.4, 0.5) is 0 Å². The summed E-state index contributed by atoms with van der Waals surface area (Å²) in [5.74, 6) is 0.662. The van der Waals surface area contributed by atoms with E-state index in [1.165, 1.54) is 0 Å². The average Bonchev–Trinajstić information content (AvgIpc) is 2.74. The number of hydrogen-bond acceptors (Lipinski definition) is 3. The lowest BCUT2D eigenvalue weighted by molar-refractivity contribution is -0.148. The van der Waals surface area contributed by atoms with E-state index in [1.807, 2.05) is 13.8 Å². The number of allylic oxidation sites excluding steroid dienone is 2. The highest BCUT2D eigenvalue weighted by atomic mass is 16.2. The van der Waals surface area contributed by atoms with E-state index in [9.17, 15) is 14.4 Å². The predicted molar refractivity (Wildman–Crippen MR) is 86.6 cm³/mol. The summed E-state index contributed by atoms with van der Waals surface area (Å²) in [5.41, 5.74) is 1.05. The van der Waals surface area contributed by atoms with Gasteiger partial charge in [-0.2, -0.15) is 0 Å². The van der Waals surface area contributed by atoms with E-state index in [4.69, 9.17) is 0 Å². The lowest BCUT2D eigenvalue weighted by Crippen LogP contribution is -2.49. The molecule has 0 aromatic rings. The maximum absolute atomic E-state index is 13.3. The first-order valence-electron chi connectivity index (χ1n) is 8.95. The smallest absolute Gasteiger partial charge is 0.162 e. The number of hydrogen-bond donors (Lipinski definition) is 0. The molecule has 0 bridgehead atoms. The standard InChI is InChI=1S/C20H26O3/c1-9-6-11-12(7-9)17(22)10(2)15(11)20(5)14(21)8-13-16(18(20)23)19(13,3)4/h9-10,13,15-16H,6-8H2,1-5H3/t9-,10+,13-,15-,16-,20+/m0/s1. The summed E-state index contributed by atoms with van der Waals surface area (Å²) in [6.07, 6.45) is 2.21. The summed E-state index contributed by atoms with van der Waals surface area (Å²) in [4.78, 5) is 39.0. The molecule has 124 valence electrons. The van der Waals surface area contributed by atoms with Gasteiger partial charge in [0.15, 0.2) is 11.6 Å². The molecule has 2 saturated carbocycles. The lowest BCUT2D eigenvalue weighted by atomic mass is 9.60. The van der Waals surface area contributed by atoms with E-state index in [0.717, 1.165) is 24.0 Å². The molecule has 3 nitrogen and oxygen atoms in total. The van der Waals surface area contributed by atoms with E-state index in [2.05, 4.69) is 20.8 Å². The Kier molecular flexibility index (Phi) is 2.81. The van der Waals surface area contributed by atoms with Gasteiger partial charge in [-0.15, -0.1) is 0 Å². The molecule has 0 saturated heterocycles. The van der Waals surface area contributed by atoms with Crippen LogP contribution in [-0.4, -0.2) is 17.3 Å². The average molecular weight is 314 g/mol. The fourth-order valence-corrected chi connectivity index (χ4v) is 6.04. The molecular formula is C20H26O3. The van der Waals surface area contributed by atoms with Crippen LogP contribution in [0.3, 0.4) is 0 Å². The van der Waals surface area contributed by atoms with Crippen LogP contribution in [0.5, 0.6) is 0 Å². The largest absolute Gasteiger partial charge is 0.299 e. The summed E-state index contributed by atoms with van der Waals surface area (Å²) in [6, 6.07) is 0. The zero-order valence-corrected chi connectivity index (χ0v) is 14.7. The van der Waals surface area contributed by atoms with Crippen LogP contribution in [0.15, 0.2) is 11.1 Å². The van der Waals surface area contributed by atoms with Crippen LogP contribution in [0.25, 0.3) is 0 Å². The van der Waals surface area contributed by atoms with E-state index in [0.29, 0.717) is 12.3 Å². The quantitative estimate of drug-likeness (QED) is 0.697. The van der Waals surface area contributed by atoms with Crippen molar-refractivity contribution in [1.82, 2.24) is 0 Å². The second kappa shape index (κ2) is 4.23. The van der Waals surface area contributed by atoms with Crippen molar-refractivity contribution in [2.45, 2.75) is 53.9 Å².